The summed E-state index contributed by atoms with van der Waals surface area (Å²) in [6.45, 7) is 1.98. The predicted octanol–water partition coefficient (Wildman–Crippen LogP) is 2.93. The summed E-state index contributed by atoms with van der Waals surface area (Å²) in [5, 5.41) is 9.38. The Hall–Kier alpha value is -1.73. The molecule has 1 aromatic rings. The van der Waals surface area contributed by atoms with Crippen LogP contribution in [-0.4, -0.2) is 37.2 Å². The van der Waals surface area contributed by atoms with E-state index in [4.69, 9.17) is 12.2 Å². The Morgan fingerprint density at radius 2 is 2.36 bits per heavy atom. The van der Waals surface area contributed by atoms with Crippen molar-refractivity contribution in [1.82, 2.24) is 9.88 Å². The summed E-state index contributed by atoms with van der Waals surface area (Å²) in [6.07, 6.45) is 6.97. The second-order valence-corrected chi connectivity index (χ2v) is 6.51. The molecule has 0 spiro atoms. The number of carbonyl (C=O) groups is 2. The average Bonchev–Trinajstić information content (AvgIpc) is 2.76. The van der Waals surface area contributed by atoms with Gasteiger partial charge in [0.25, 0.3) is 5.91 Å². The third kappa shape index (κ3) is 3.72. The molecular formula is C15H16N2O3S2. The number of hydrogen-bond acceptors (Lipinski definition) is 5. The number of rotatable bonds is 6. The van der Waals surface area contributed by atoms with Gasteiger partial charge in [-0.25, -0.2) is 4.79 Å². The summed E-state index contributed by atoms with van der Waals surface area (Å²) in [7, 11) is 0. The molecule has 2 heterocycles. The molecule has 1 atom stereocenters. The number of aliphatic carboxylic acids is 1. The smallest absolute Gasteiger partial charge is 0.326 e. The Labute approximate surface area is 138 Å². The number of nitrogens with zero attached hydrogens (tertiary/aromatic N) is 2. The fourth-order valence-corrected chi connectivity index (χ4v) is 3.48. The minimum Gasteiger partial charge on any atom is -0.480 e. The van der Waals surface area contributed by atoms with E-state index in [-0.39, 0.29) is 5.91 Å². The molecule has 7 heteroatoms. The van der Waals surface area contributed by atoms with Crippen LogP contribution < -0.4 is 0 Å². The van der Waals surface area contributed by atoms with Crippen LogP contribution in [0.15, 0.2) is 29.4 Å². The van der Waals surface area contributed by atoms with E-state index in [2.05, 4.69) is 4.98 Å². The maximum atomic E-state index is 12.5. The standard InChI is InChI=1S/C15H16N2O3S2/c1-2-3-6-11(14(19)20)17-13(18)12(22-15(17)21)8-10-5-4-7-16-9-10/h4-5,7-9,11H,2-3,6H2,1H3,(H,19,20). The van der Waals surface area contributed by atoms with Crippen LogP contribution in [0.1, 0.15) is 31.7 Å². The zero-order valence-corrected chi connectivity index (χ0v) is 13.7. The van der Waals surface area contributed by atoms with Gasteiger partial charge in [0.05, 0.1) is 4.91 Å². The first-order valence-corrected chi connectivity index (χ1v) is 8.17. The van der Waals surface area contributed by atoms with Crippen LogP contribution in [0.5, 0.6) is 0 Å². The van der Waals surface area contributed by atoms with Gasteiger partial charge in [0.2, 0.25) is 0 Å². The van der Waals surface area contributed by atoms with Crippen LogP contribution in [0, 0.1) is 0 Å². The van der Waals surface area contributed by atoms with E-state index in [9.17, 15) is 14.7 Å². The van der Waals surface area contributed by atoms with Gasteiger partial charge in [0, 0.05) is 12.4 Å². The number of thiocarbonyl (C=S) groups is 1. The third-order valence-electron chi connectivity index (χ3n) is 3.23. The number of amides is 1. The SMILES string of the molecule is CCCCC(C(=O)O)N1C(=O)C(=Cc2cccnc2)SC1=S. The molecule has 1 amide bonds. The highest BCUT2D eigenvalue weighted by Gasteiger charge is 2.40. The molecule has 0 bridgehead atoms. The molecule has 22 heavy (non-hydrogen) atoms. The molecule has 1 fully saturated rings. The van der Waals surface area contributed by atoms with E-state index in [1.807, 2.05) is 13.0 Å². The molecule has 116 valence electrons. The Balaban J connectivity index is 2.24. The van der Waals surface area contributed by atoms with Gasteiger partial charge >= 0.3 is 5.97 Å². The Bertz CT molecular complexity index is 616. The van der Waals surface area contributed by atoms with E-state index in [0.29, 0.717) is 15.6 Å². The average molecular weight is 336 g/mol. The lowest BCUT2D eigenvalue weighted by molar-refractivity contribution is -0.145. The van der Waals surface area contributed by atoms with Gasteiger partial charge in [0.1, 0.15) is 10.4 Å². The van der Waals surface area contributed by atoms with Crippen molar-refractivity contribution in [2.45, 2.75) is 32.2 Å². The van der Waals surface area contributed by atoms with Gasteiger partial charge < -0.3 is 5.11 Å². The van der Waals surface area contributed by atoms with E-state index >= 15 is 0 Å². The van der Waals surface area contributed by atoms with E-state index in [0.717, 1.165) is 30.2 Å². The van der Waals surface area contributed by atoms with Crippen molar-refractivity contribution < 1.29 is 14.7 Å². The molecule has 1 aliphatic rings. The number of carboxylic acids is 1. The summed E-state index contributed by atoms with van der Waals surface area (Å²) in [5.41, 5.74) is 0.781. The Kier molecular flexibility index (Phi) is 5.68. The quantitative estimate of drug-likeness (QED) is 0.636. The first kappa shape index (κ1) is 16.6. The summed E-state index contributed by atoms with van der Waals surface area (Å²) in [5.74, 6) is -1.37. The molecule has 0 radical (unpaired) electrons. The maximum absolute atomic E-state index is 12.5. The highest BCUT2D eigenvalue weighted by Crippen LogP contribution is 2.34. The lowest BCUT2D eigenvalue weighted by atomic mass is 10.1. The monoisotopic (exact) mass is 336 g/mol. The molecule has 0 aromatic carbocycles. The molecule has 1 N–H and O–H groups in total. The van der Waals surface area contributed by atoms with Crippen LogP contribution in [0.4, 0.5) is 0 Å². The largest absolute Gasteiger partial charge is 0.480 e. The molecule has 1 aliphatic heterocycles. The number of carboxylic acid groups (broad SMARTS) is 1. The van der Waals surface area contributed by atoms with Crippen molar-refractivity contribution in [3.63, 3.8) is 0 Å². The minimum atomic E-state index is -1.02. The van der Waals surface area contributed by atoms with Crippen molar-refractivity contribution in [2.75, 3.05) is 0 Å². The van der Waals surface area contributed by atoms with Crippen LogP contribution >= 0.6 is 24.0 Å². The molecule has 1 aromatic heterocycles. The van der Waals surface area contributed by atoms with Crippen molar-refractivity contribution in [3.05, 3.63) is 35.0 Å². The zero-order valence-electron chi connectivity index (χ0n) is 12.1. The lowest BCUT2D eigenvalue weighted by Gasteiger charge is -2.22. The summed E-state index contributed by atoms with van der Waals surface area (Å²) in [4.78, 5) is 29.6. The number of pyridine rings is 1. The topological polar surface area (TPSA) is 70.5 Å². The lowest BCUT2D eigenvalue weighted by Crippen LogP contribution is -2.43. The van der Waals surface area contributed by atoms with E-state index < -0.39 is 12.0 Å². The van der Waals surface area contributed by atoms with Crippen molar-refractivity contribution in [1.29, 1.82) is 0 Å². The minimum absolute atomic E-state index is 0.295. The van der Waals surface area contributed by atoms with Crippen LogP contribution in [-0.2, 0) is 9.59 Å². The fraction of sp³-hybridized carbons (Fsp3) is 0.333. The number of aromatic nitrogens is 1. The molecular weight excluding hydrogens is 320 g/mol. The third-order valence-corrected chi connectivity index (χ3v) is 4.56. The van der Waals surface area contributed by atoms with Gasteiger partial charge in [-0.05, 0) is 24.1 Å². The van der Waals surface area contributed by atoms with Crippen LogP contribution in [0.3, 0.4) is 0 Å². The second kappa shape index (κ2) is 7.51. The zero-order chi connectivity index (χ0) is 16.1. The normalized spacial score (nSPS) is 18.0. The number of hydrogen-bond donors (Lipinski definition) is 1. The molecule has 0 aliphatic carbocycles. The highest BCUT2D eigenvalue weighted by atomic mass is 32.2. The highest BCUT2D eigenvalue weighted by molar-refractivity contribution is 8.26. The van der Waals surface area contributed by atoms with Gasteiger partial charge in [-0.15, -0.1) is 0 Å². The predicted molar refractivity (Wildman–Crippen MR) is 90.2 cm³/mol. The van der Waals surface area contributed by atoms with Gasteiger partial charge in [-0.2, -0.15) is 0 Å². The van der Waals surface area contributed by atoms with Crippen molar-refractivity contribution in [2.24, 2.45) is 0 Å². The molecule has 2 rings (SSSR count). The first-order valence-electron chi connectivity index (χ1n) is 6.94. The van der Waals surface area contributed by atoms with E-state index in [1.165, 1.54) is 4.90 Å². The first-order chi connectivity index (χ1) is 10.5. The summed E-state index contributed by atoms with van der Waals surface area (Å²) >= 11 is 6.34. The summed E-state index contributed by atoms with van der Waals surface area (Å²) in [6, 6.07) is 2.70. The molecule has 1 unspecified atom stereocenters. The van der Waals surface area contributed by atoms with Crippen molar-refractivity contribution >= 4 is 46.3 Å². The molecule has 5 nitrogen and oxygen atoms in total. The number of unbranched alkanes of at least 4 members (excludes halogenated alkanes) is 1. The van der Waals surface area contributed by atoms with Gasteiger partial charge in [-0.3, -0.25) is 14.7 Å². The van der Waals surface area contributed by atoms with Crippen LogP contribution in [0.2, 0.25) is 0 Å². The molecule has 1 saturated heterocycles. The van der Waals surface area contributed by atoms with Gasteiger partial charge in [0.15, 0.2) is 0 Å². The fourth-order valence-electron chi connectivity index (χ4n) is 2.12. The number of carbonyl (C=O) groups excluding carboxylic acids is 1. The number of thioether (sulfide) groups is 1. The second-order valence-electron chi connectivity index (χ2n) is 4.83. The van der Waals surface area contributed by atoms with Crippen LogP contribution in [0.25, 0.3) is 6.08 Å². The maximum Gasteiger partial charge on any atom is 0.326 e. The molecule has 0 saturated carbocycles. The Morgan fingerprint density at radius 3 is 2.95 bits per heavy atom. The Morgan fingerprint density at radius 1 is 1.59 bits per heavy atom. The van der Waals surface area contributed by atoms with Gasteiger partial charge in [-0.1, -0.05) is 49.8 Å². The van der Waals surface area contributed by atoms with E-state index in [1.54, 1.807) is 24.5 Å². The van der Waals surface area contributed by atoms with Crippen molar-refractivity contribution in [3.8, 4) is 0 Å². The summed E-state index contributed by atoms with van der Waals surface area (Å²) < 4.78 is 0.295.